The number of benzene rings is 1. The Labute approximate surface area is 127 Å². The first-order chi connectivity index (χ1) is 8.72. The van der Waals surface area contributed by atoms with E-state index in [9.17, 15) is 0 Å². The van der Waals surface area contributed by atoms with E-state index in [1.165, 1.54) is 19.6 Å². The van der Waals surface area contributed by atoms with Crippen molar-refractivity contribution >= 4 is 33.9 Å². The van der Waals surface area contributed by atoms with Crippen molar-refractivity contribution in [2.45, 2.75) is 25.8 Å². The zero-order chi connectivity index (χ0) is 13.0. The summed E-state index contributed by atoms with van der Waals surface area (Å²) in [6.45, 7) is 2.18. The molecule has 3 heteroatoms. The number of rotatable bonds is 5. The molecule has 18 heavy (non-hydrogen) atoms. The minimum absolute atomic E-state index is 0.443. The molecule has 0 aliphatic rings. The van der Waals surface area contributed by atoms with Gasteiger partial charge in [-0.2, -0.15) is 0 Å². The third-order valence-corrected chi connectivity index (χ3v) is 5.61. The molecule has 0 radical (unpaired) electrons. The van der Waals surface area contributed by atoms with E-state index in [0.717, 1.165) is 12.8 Å². The Balaban J connectivity index is 2.10. The molecular weight excluding hydrogens is 353 g/mol. The van der Waals surface area contributed by atoms with Gasteiger partial charge in [-0.15, -0.1) is 11.3 Å². The summed E-state index contributed by atoms with van der Waals surface area (Å²) in [5.41, 5.74) is 2.79. The molecule has 0 saturated heterocycles. The van der Waals surface area contributed by atoms with Crippen LogP contribution >= 0.6 is 33.9 Å². The largest absolute Gasteiger partial charge is 0.313 e. The molecule has 1 heterocycles. The van der Waals surface area contributed by atoms with E-state index in [0.29, 0.717) is 6.04 Å². The van der Waals surface area contributed by atoms with E-state index < -0.39 is 0 Å². The second kappa shape index (κ2) is 6.68. The topological polar surface area (TPSA) is 12.0 Å². The zero-order valence-electron chi connectivity index (χ0n) is 10.7. The second-order valence-corrected chi connectivity index (χ2v) is 6.55. The number of thiophene rings is 1. The van der Waals surface area contributed by atoms with E-state index in [4.69, 9.17) is 0 Å². The van der Waals surface area contributed by atoms with Crippen LogP contribution in [-0.4, -0.2) is 7.05 Å². The lowest BCUT2D eigenvalue weighted by atomic mass is 10.00. The van der Waals surface area contributed by atoms with Crippen molar-refractivity contribution in [1.29, 1.82) is 0 Å². The molecular formula is C15H18INS. The van der Waals surface area contributed by atoms with Gasteiger partial charge in [0, 0.05) is 14.5 Å². The highest BCUT2D eigenvalue weighted by Gasteiger charge is 2.13. The molecule has 1 unspecified atom stereocenters. The van der Waals surface area contributed by atoms with Crippen LogP contribution in [0.1, 0.15) is 28.5 Å². The Morgan fingerprint density at radius 1 is 1.28 bits per heavy atom. The van der Waals surface area contributed by atoms with Crippen molar-refractivity contribution in [1.82, 2.24) is 5.32 Å². The molecule has 2 rings (SSSR count). The first-order valence-electron chi connectivity index (χ1n) is 6.17. The molecule has 0 amide bonds. The maximum absolute atomic E-state index is 3.45. The Morgan fingerprint density at radius 2 is 2.11 bits per heavy atom. The minimum Gasteiger partial charge on any atom is -0.313 e. The normalized spacial score (nSPS) is 12.6. The molecule has 1 nitrogen and oxygen atoms in total. The van der Waals surface area contributed by atoms with Crippen molar-refractivity contribution in [3.8, 4) is 0 Å². The van der Waals surface area contributed by atoms with Gasteiger partial charge in [0.05, 0.1) is 0 Å². The van der Waals surface area contributed by atoms with E-state index in [2.05, 4.69) is 77.6 Å². The number of aryl methyl sites for hydroxylation is 2. The Hall–Kier alpha value is -0.390. The maximum Gasteiger partial charge on any atom is 0.0331 e. The highest BCUT2D eigenvalue weighted by molar-refractivity contribution is 14.1. The Morgan fingerprint density at radius 3 is 2.78 bits per heavy atom. The van der Waals surface area contributed by atoms with Gasteiger partial charge in [0.15, 0.2) is 0 Å². The van der Waals surface area contributed by atoms with Crippen LogP contribution in [-0.2, 0) is 6.42 Å². The molecule has 0 aliphatic carbocycles. The summed E-state index contributed by atoms with van der Waals surface area (Å²) in [6, 6.07) is 11.4. The first kappa shape index (κ1) is 14.0. The van der Waals surface area contributed by atoms with Gasteiger partial charge < -0.3 is 5.32 Å². The zero-order valence-corrected chi connectivity index (χ0v) is 13.7. The number of nitrogens with one attached hydrogen (secondary N) is 1. The van der Waals surface area contributed by atoms with Gasteiger partial charge in [-0.3, -0.25) is 0 Å². The molecule has 1 aromatic heterocycles. The average Bonchev–Trinajstić information content (AvgIpc) is 2.88. The molecule has 1 aromatic carbocycles. The van der Waals surface area contributed by atoms with Crippen LogP contribution in [0.5, 0.6) is 0 Å². The minimum atomic E-state index is 0.443. The summed E-state index contributed by atoms with van der Waals surface area (Å²) < 4.78 is 1.39. The van der Waals surface area contributed by atoms with E-state index >= 15 is 0 Å². The highest BCUT2D eigenvalue weighted by Crippen LogP contribution is 2.26. The van der Waals surface area contributed by atoms with Gasteiger partial charge in [0.2, 0.25) is 0 Å². The van der Waals surface area contributed by atoms with E-state index in [1.54, 1.807) is 0 Å². The molecule has 1 atom stereocenters. The Bertz CT molecular complexity index is 493. The number of hydrogen-bond donors (Lipinski definition) is 1. The number of hydrogen-bond acceptors (Lipinski definition) is 2. The smallest absolute Gasteiger partial charge is 0.0331 e. The standard InChI is InChI=1S/C15H18INS/c1-11-5-3-7-13(15(11)16)14(17-2)9-8-12-6-4-10-18-12/h3-7,10,14,17H,8-9H2,1-2H3. The maximum atomic E-state index is 3.45. The van der Waals surface area contributed by atoms with Crippen LogP contribution in [0.25, 0.3) is 0 Å². The third kappa shape index (κ3) is 3.33. The summed E-state index contributed by atoms with van der Waals surface area (Å²) in [7, 11) is 2.05. The summed E-state index contributed by atoms with van der Waals surface area (Å²) in [5.74, 6) is 0. The van der Waals surface area contributed by atoms with E-state index in [-0.39, 0.29) is 0 Å². The van der Waals surface area contributed by atoms with Crippen LogP contribution in [0.3, 0.4) is 0 Å². The summed E-state index contributed by atoms with van der Waals surface area (Å²) in [4.78, 5) is 1.47. The van der Waals surface area contributed by atoms with Crippen LogP contribution in [0.2, 0.25) is 0 Å². The van der Waals surface area contributed by atoms with Crippen molar-refractivity contribution in [2.24, 2.45) is 0 Å². The Kier molecular flexibility index (Phi) is 5.21. The predicted octanol–water partition coefficient (Wildman–Crippen LogP) is 4.55. The van der Waals surface area contributed by atoms with Gasteiger partial charge >= 0.3 is 0 Å². The van der Waals surface area contributed by atoms with Crippen molar-refractivity contribution in [3.63, 3.8) is 0 Å². The summed E-state index contributed by atoms with van der Waals surface area (Å²) >= 11 is 4.31. The molecule has 0 aliphatic heterocycles. The highest BCUT2D eigenvalue weighted by atomic mass is 127. The van der Waals surface area contributed by atoms with Crippen LogP contribution in [0.15, 0.2) is 35.7 Å². The molecule has 0 spiro atoms. The van der Waals surface area contributed by atoms with Gasteiger partial charge in [-0.25, -0.2) is 0 Å². The van der Waals surface area contributed by atoms with Gasteiger partial charge in [-0.1, -0.05) is 24.3 Å². The fraction of sp³-hybridized carbons (Fsp3) is 0.333. The average molecular weight is 371 g/mol. The van der Waals surface area contributed by atoms with E-state index in [1.807, 2.05) is 11.3 Å². The van der Waals surface area contributed by atoms with Crippen LogP contribution in [0.4, 0.5) is 0 Å². The van der Waals surface area contributed by atoms with Crippen molar-refractivity contribution in [2.75, 3.05) is 7.05 Å². The van der Waals surface area contributed by atoms with Crippen molar-refractivity contribution < 1.29 is 0 Å². The molecule has 0 bridgehead atoms. The molecule has 0 saturated carbocycles. The molecule has 2 aromatic rings. The predicted molar refractivity (Wildman–Crippen MR) is 88.3 cm³/mol. The number of halogens is 1. The van der Waals surface area contributed by atoms with Gasteiger partial charge in [0.25, 0.3) is 0 Å². The second-order valence-electron chi connectivity index (χ2n) is 4.44. The fourth-order valence-corrected chi connectivity index (χ4v) is 3.60. The lowest BCUT2D eigenvalue weighted by Gasteiger charge is -2.19. The third-order valence-electron chi connectivity index (χ3n) is 3.21. The van der Waals surface area contributed by atoms with Crippen molar-refractivity contribution in [3.05, 3.63) is 55.3 Å². The van der Waals surface area contributed by atoms with Gasteiger partial charge in [-0.05, 0) is 72.0 Å². The molecule has 96 valence electrons. The monoisotopic (exact) mass is 371 g/mol. The molecule has 1 N–H and O–H groups in total. The lowest BCUT2D eigenvalue weighted by Crippen LogP contribution is -2.18. The van der Waals surface area contributed by atoms with Crippen LogP contribution in [0, 0.1) is 10.5 Å². The van der Waals surface area contributed by atoms with Gasteiger partial charge in [0.1, 0.15) is 0 Å². The fourth-order valence-electron chi connectivity index (χ4n) is 2.14. The summed E-state index contributed by atoms with van der Waals surface area (Å²) in [5, 5.41) is 5.60. The quantitative estimate of drug-likeness (QED) is 0.761. The SMILES string of the molecule is CNC(CCc1cccs1)c1cccc(C)c1I. The summed E-state index contributed by atoms with van der Waals surface area (Å²) in [6.07, 6.45) is 2.30. The molecule has 0 fully saturated rings. The van der Waals surface area contributed by atoms with Crippen LogP contribution < -0.4 is 5.32 Å². The lowest BCUT2D eigenvalue weighted by molar-refractivity contribution is 0.549. The first-order valence-corrected chi connectivity index (χ1v) is 8.13.